The fourth-order valence-corrected chi connectivity index (χ4v) is 4.66. The topological polar surface area (TPSA) is 141 Å². The van der Waals surface area contributed by atoms with Crippen LogP contribution in [-0.4, -0.2) is 42.2 Å². The SMILES string of the molecule is C[C@@H]1CS(=O)(=O)N(c2cccc(C(=O)Nc3ccc(O)c(C(=O)O)c3)c2)C1=O. The lowest BCUT2D eigenvalue weighted by Crippen LogP contribution is -2.30. The highest BCUT2D eigenvalue weighted by atomic mass is 32.2. The van der Waals surface area contributed by atoms with Crippen molar-refractivity contribution < 1.29 is 33.0 Å². The Balaban J connectivity index is 1.89. The molecule has 3 N–H and O–H groups in total. The van der Waals surface area contributed by atoms with Crippen molar-refractivity contribution in [1.29, 1.82) is 0 Å². The van der Waals surface area contributed by atoms with E-state index in [1.807, 2.05) is 0 Å². The van der Waals surface area contributed by atoms with Crippen LogP contribution in [0.25, 0.3) is 0 Å². The second kappa shape index (κ2) is 6.97. The molecular weight excluding hydrogens is 388 g/mol. The molecule has 146 valence electrons. The number of carbonyl (C=O) groups is 3. The maximum absolute atomic E-state index is 12.5. The summed E-state index contributed by atoms with van der Waals surface area (Å²) in [6.07, 6.45) is 0. The monoisotopic (exact) mass is 404 g/mol. The van der Waals surface area contributed by atoms with E-state index in [1.165, 1.54) is 37.3 Å². The van der Waals surface area contributed by atoms with Crippen molar-refractivity contribution >= 4 is 39.2 Å². The molecule has 0 unspecified atom stereocenters. The van der Waals surface area contributed by atoms with Gasteiger partial charge in [0.25, 0.3) is 5.91 Å². The smallest absolute Gasteiger partial charge is 0.339 e. The molecule has 0 radical (unpaired) electrons. The first-order chi connectivity index (χ1) is 13.1. The largest absolute Gasteiger partial charge is 0.507 e. The average molecular weight is 404 g/mol. The molecule has 0 bridgehead atoms. The Labute approximate surface area is 160 Å². The number of carbonyl (C=O) groups excluding carboxylic acids is 2. The van der Waals surface area contributed by atoms with Gasteiger partial charge in [0.1, 0.15) is 11.3 Å². The van der Waals surface area contributed by atoms with Gasteiger partial charge >= 0.3 is 5.97 Å². The van der Waals surface area contributed by atoms with E-state index >= 15 is 0 Å². The zero-order valence-corrected chi connectivity index (χ0v) is 15.4. The third-order valence-electron chi connectivity index (χ3n) is 4.19. The molecule has 1 fully saturated rings. The fraction of sp³-hybridized carbons (Fsp3) is 0.167. The molecule has 0 saturated carbocycles. The fourth-order valence-electron chi connectivity index (χ4n) is 2.85. The number of aromatic carboxylic acids is 1. The van der Waals surface area contributed by atoms with Crippen LogP contribution < -0.4 is 9.62 Å². The normalized spacial score (nSPS) is 18.1. The van der Waals surface area contributed by atoms with Gasteiger partial charge in [-0.05, 0) is 36.4 Å². The Morgan fingerprint density at radius 3 is 2.50 bits per heavy atom. The van der Waals surface area contributed by atoms with Crippen LogP contribution in [0.15, 0.2) is 42.5 Å². The van der Waals surface area contributed by atoms with Gasteiger partial charge in [0.2, 0.25) is 15.9 Å². The Bertz CT molecular complexity index is 1090. The molecule has 0 aromatic heterocycles. The predicted molar refractivity (Wildman–Crippen MR) is 99.9 cm³/mol. The first-order valence-electron chi connectivity index (χ1n) is 8.15. The molecule has 1 atom stereocenters. The lowest BCUT2D eigenvalue weighted by Gasteiger charge is -2.16. The third-order valence-corrected chi connectivity index (χ3v) is 6.06. The molecule has 2 aromatic rings. The Morgan fingerprint density at radius 2 is 1.89 bits per heavy atom. The molecule has 1 saturated heterocycles. The number of hydrogen-bond acceptors (Lipinski definition) is 6. The molecule has 28 heavy (non-hydrogen) atoms. The number of carboxylic acids is 1. The van der Waals surface area contributed by atoms with Crippen LogP contribution in [0.1, 0.15) is 27.6 Å². The summed E-state index contributed by atoms with van der Waals surface area (Å²) in [7, 11) is -3.80. The minimum absolute atomic E-state index is 0.0546. The summed E-state index contributed by atoms with van der Waals surface area (Å²) < 4.78 is 25.1. The molecule has 1 aliphatic heterocycles. The van der Waals surface area contributed by atoms with Crippen LogP contribution in [0.4, 0.5) is 11.4 Å². The summed E-state index contributed by atoms with van der Waals surface area (Å²) in [5.74, 6) is -3.98. The van der Waals surface area contributed by atoms with E-state index in [0.29, 0.717) is 4.31 Å². The zero-order chi connectivity index (χ0) is 20.6. The van der Waals surface area contributed by atoms with Gasteiger partial charge in [-0.2, -0.15) is 0 Å². The third kappa shape index (κ3) is 3.54. The summed E-state index contributed by atoms with van der Waals surface area (Å²) in [6.45, 7) is 1.52. The van der Waals surface area contributed by atoms with Crippen LogP contribution in [0.2, 0.25) is 0 Å². The number of rotatable bonds is 4. The zero-order valence-electron chi connectivity index (χ0n) is 14.6. The lowest BCUT2D eigenvalue weighted by molar-refractivity contribution is -0.119. The molecule has 9 nitrogen and oxygen atoms in total. The molecule has 2 amide bonds. The number of hydrogen-bond donors (Lipinski definition) is 3. The number of anilines is 2. The van der Waals surface area contributed by atoms with E-state index in [1.54, 1.807) is 0 Å². The van der Waals surface area contributed by atoms with Gasteiger partial charge < -0.3 is 15.5 Å². The van der Waals surface area contributed by atoms with Gasteiger partial charge in [0, 0.05) is 11.3 Å². The highest BCUT2D eigenvalue weighted by Crippen LogP contribution is 2.29. The number of nitrogens with zero attached hydrogens (tertiary/aromatic N) is 1. The Hall–Kier alpha value is -3.40. The quantitative estimate of drug-likeness (QED) is 0.658. The number of aromatic hydroxyl groups is 1. The standard InChI is InChI=1S/C18H16N2O7S/c1-10-9-28(26,27)20(17(10)23)13-4-2-3-11(7-13)16(22)19-12-5-6-15(21)14(8-12)18(24)25/h2-8,10,21H,9H2,1H3,(H,19,22)(H,24,25)/t10-/m1/s1. The minimum atomic E-state index is -3.80. The van der Waals surface area contributed by atoms with Crippen LogP contribution in [0.3, 0.4) is 0 Å². The van der Waals surface area contributed by atoms with E-state index < -0.39 is 39.5 Å². The summed E-state index contributed by atoms with van der Waals surface area (Å²) in [4.78, 5) is 35.7. The Morgan fingerprint density at radius 1 is 1.18 bits per heavy atom. The minimum Gasteiger partial charge on any atom is -0.507 e. The number of carboxylic acid groups (broad SMARTS) is 1. The number of phenols is 1. The maximum Gasteiger partial charge on any atom is 0.339 e. The number of nitrogens with one attached hydrogen (secondary N) is 1. The molecule has 3 rings (SSSR count). The van der Waals surface area contributed by atoms with Crippen molar-refractivity contribution in [3.8, 4) is 5.75 Å². The van der Waals surface area contributed by atoms with Crippen LogP contribution in [-0.2, 0) is 14.8 Å². The lowest BCUT2D eigenvalue weighted by atomic mass is 10.1. The van der Waals surface area contributed by atoms with Gasteiger partial charge in [-0.1, -0.05) is 13.0 Å². The average Bonchev–Trinajstić information content (AvgIpc) is 2.83. The maximum atomic E-state index is 12.5. The summed E-state index contributed by atoms with van der Waals surface area (Å²) in [5.41, 5.74) is -0.123. The van der Waals surface area contributed by atoms with E-state index in [2.05, 4.69) is 5.32 Å². The molecular formula is C18H16N2O7S. The van der Waals surface area contributed by atoms with Crippen molar-refractivity contribution in [3.05, 3.63) is 53.6 Å². The molecule has 10 heteroatoms. The van der Waals surface area contributed by atoms with Crippen LogP contribution in [0, 0.1) is 5.92 Å². The van der Waals surface area contributed by atoms with Gasteiger partial charge in [-0.25, -0.2) is 17.5 Å². The van der Waals surface area contributed by atoms with Crippen molar-refractivity contribution in [2.24, 2.45) is 5.92 Å². The number of sulfonamides is 1. The van der Waals surface area contributed by atoms with Crippen LogP contribution in [0.5, 0.6) is 5.75 Å². The first-order valence-corrected chi connectivity index (χ1v) is 9.75. The van der Waals surface area contributed by atoms with E-state index in [4.69, 9.17) is 5.11 Å². The molecule has 0 aliphatic carbocycles. The summed E-state index contributed by atoms with van der Waals surface area (Å²) in [6, 6.07) is 9.08. The van der Waals surface area contributed by atoms with E-state index in [0.717, 1.165) is 12.1 Å². The van der Waals surface area contributed by atoms with Gasteiger partial charge in [-0.3, -0.25) is 9.59 Å². The first kappa shape index (κ1) is 19.4. The van der Waals surface area contributed by atoms with Crippen molar-refractivity contribution in [2.75, 3.05) is 15.4 Å². The highest BCUT2D eigenvalue weighted by Gasteiger charge is 2.42. The predicted octanol–water partition coefficient (Wildman–Crippen LogP) is 1.66. The second-order valence-corrected chi connectivity index (χ2v) is 8.19. The van der Waals surface area contributed by atoms with Crippen molar-refractivity contribution in [1.82, 2.24) is 0 Å². The van der Waals surface area contributed by atoms with Gasteiger partial charge in [0.05, 0.1) is 17.4 Å². The van der Waals surface area contributed by atoms with E-state index in [9.17, 15) is 27.9 Å². The van der Waals surface area contributed by atoms with Crippen molar-refractivity contribution in [3.63, 3.8) is 0 Å². The Kier molecular flexibility index (Phi) is 4.82. The van der Waals surface area contributed by atoms with E-state index in [-0.39, 0.29) is 28.3 Å². The second-order valence-electron chi connectivity index (χ2n) is 6.32. The molecule has 1 aliphatic rings. The molecule has 0 spiro atoms. The van der Waals surface area contributed by atoms with Crippen LogP contribution >= 0.6 is 0 Å². The number of amides is 2. The highest BCUT2D eigenvalue weighted by molar-refractivity contribution is 7.94. The number of benzene rings is 2. The van der Waals surface area contributed by atoms with Crippen molar-refractivity contribution in [2.45, 2.75) is 6.92 Å². The van der Waals surface area contributed by atoms with Gasteiger partial charge in [-0.15, -0.1) is 0 Å². The summed E-state index contributed by atoms with van der Waals surface area (Å²) in [5, 5.41) is 21.0. The molecule has 2 aromatic carbocycles. The van der Waals surface area contributed by atoms with Gasteiger partial charge in [0.15, 0.2) is 0 Å². The molecule has 1 heterocycles. The summed E-state index contributed by atoms with van der Waals surface area (Å²) >= 11 is 0.